The minimum absolute atomic E-state index is 0. The Balaban J connectivity index is 0.00000612. The van der Waals surface area contributed by atoms with E-state index in [0.29, 0.717) is 37.1 Å². The summed E-state index contributed by atoms with van der Waals surface area (Å²) in [5.74, 6) is 1.86. The van der Waals surface area contributed by atoms with Crippen molar-refractivity contribution >= 4 is 33.8 Å². The van der Waals surface area contributed by atoms with Gasteiger partial charge in [0.2, 0.25) is 10.0 Å². The molecule has 3 atom stereocenters. The number of nitrogens with two attached hydrogens (primary N) is 1. The highest BCUT2D eigenvalue weighted by Gasteiger charge is 2.25. The third-order valence-electron chi connectivity index (χ3n) is 5.73. The molecule has 8 nitrogen and oxygen atoms in total. The molecule has 0 aliphatic carbocycles. The molecule has 0 aliphatic rings. The average Bonchev–Trinajstić information content (AvgIpc) is 3.36. The molecule has 0 spiro atoms. The molecule has 0 aliphatic heterocycles. The fourth-order valence-corrected chi connectivity index (χ4v) is 5.67. The SMILES string of the molecule is COCCCOc1cc(CC(CC(N)C(O)CNS(=O)(=O)c2cccs2)C(C)C)ccc1OC.Cl. The molecule has 0 saturated heterocycles. The number of rotatable bonds is 16. The van der Waals surface area contributed by atoms with Crippen LogP contribution in [0, 0.1) is 11.8 Å². The van der Waals surface area contributed by atoms with Gasteiger partial charge in [-0.3, -0.25) is 0 Å². The van der Waals surface area contributed by atoms with Crippen LogP contribution in [0.25, 0.3) is 0 Å². The quantitative estimate of drug-likeness (QED) is 0.274. The molecule has 35 heavy (non-hydrogen) atoms. The Morgan fingerprint density at radius 2 is 1.89 bits per heavy atom. The first kappa shape index (κ1) is 31.6. The normalized spacial score (nSPS) is 14.3. The summed E-state index contributed by atoms with van der Waals surface area (Å²) >= 11 is 1.13. The van der Waals surface area contributed by atoms with Crippen molar-refractivity contribution in [2.24, 2.45) is 17.6 Å². The second-order valence-electron chi connectivity index (χ2n) is 8.64. The van der Waals surface area contributed by atoms with E-state index in [1.807, 2.05) is 18.2 Å². The van der Waals surface area contributed by atoms with Gasteiger partial charge in [0.05, 0.1) is 19.8 Å². The summed E-state index contributed by atoms with van der Waals surface area (Å²) in [6.07, 6.45) is 1.08. The summed E-state index contributed by atoms with van der Waals surface area (Å²) in [5.41, 5.74) is 7.37. The van der Waals surface area contributed by atoms with Gasteiger partial charge < -0.3 is 25.1 Å². The van der Waals surface area contributed by atoms with Gasteiger partial charge >= 0.3 is 0 Å². The van der Waals surface area contributed by atoms with Crippen LogP contribution in [0.1, 0.15) is 32.3 Å². The van der Waals surface area contributed by atoms with Crippen LogP contribution in [0.4, 0.5) is 0 Å². The molecule has 0 fully saturated rings. The first-order valence-electron chi connectivity index (χ1n) is 11.4. The monoisotopic (exact) mass is 550 g/mol. The van der Waals surface area contributed by atoms with E-state index in [1.54, 1.807) is 25.7 Å². The van der Waals surface area contributed by atoms with E-state index in [0.717, 1.165) is 29.7 Å². The lowest BCUT2D eigenvalue weighted by Gasteiger charge is -2.27. The molecule has 0 radical (unpaired) electrons. The van der Waals surface area contributed by atoms with E-state index in [-0.39, 0.29) is 29.1 Å². The minimum Gasteiger partial charge on any atom is -0.493 e. The van der Waals surface area contributed by atoms with Crippen LogP contribution in [-0.4, -0.2) is 59.6 Å². The van der Waals surface area contributed by atoms with Crippen LogP contribution in [0.5, 0.6) is 11.5 Å². The van der Waals surface area contributed by atoms with E-state index >= 15 is 0 Å². The molecule has 2 rings (SSSR count). The van der Waals surface area contributed by atoms with Gasteiger partial charge in [0, 0.05) is 32.7 Å². The molecular formula is C24H39ClN2O6S2. The van der Waals surface area contributed by atoms with E-state index in [1.165, 1.54) is 6.07 Å². The number of halogens is 1. The Morgan fingerprint density at radius 3 is 2.49 bits per heavy atom. The van der Waals surface area contributed by atoms with Crippen molar-refractivity contribution in [2.75, 3.05) is 34.0 Å². The summed E-state index contributed by atoms with van der Waals surface area (Å²) in [4.78, 5) is 0. The Hall–Kier alpha value is -1.40. The molecule has 3 unspecified atom stereocenters. The summed E-state index contributed by atoms with van der Waals surface area (Å²) in [7, 11) is -0.370. The van der Waals surface area contributed by atoms with Crippen molar-refractivity contribution in [3.63, 3.8) is 0 Å². The van der Waals surface area contributed by atoms with E-state index < -0.39 is 22.2 Å². The van der Waals surface area contributed by atoms with Crippen LogP contribution >= 0.6 is 23.7 Å². The Labute approximate surface area is 219 Å². The number of benzene rings is 1. The zero-order valence-corrected chi connectivity index (χ0v) is 23.3. The minimum atomic E-state index is -3.64. The molecule has 2 aromatic rings. The number of sulfonamides is 1. The third-order valence-corrected chi connectivity index (χ3v) is 8.55. The summed E-state index contributed by atoms with van der Waals surface area (Å²) in [6.45, 7) is 5.26. The number of aliphatic hydroxyl groups excluding tert-OH is 1. The van der Waals surface area contributed by atoms with Crippen molar-refractivity contribution in [1.82, 2.24) is 4.72 Å². The second kappa shape index (κ2) is 15.7. The molecule has 0 bridgehead atoms. The van der Waals surface area contributed by atoms with Gasteiger partial charge in [-0.05, 0) is 53.8 Å². The lowest BCUT2D eigenvalue weighted by atomic mass is 9.83. The topological polar surface area (TPSA) is 120 Å². The number of methoxy groups -OCH3 is 2. The highest BCUT2D eigenvalue weighted by atomic mass is 35.5. The molecule has 200 valence electrons. The first-order valence-corrected chi connectivity index (χ1v) is 13.8. The number of hydrogen-bond donors (Lipinski definition) is 3. The van der Waals surface area contributed by atoms with Gasteiger partial charge in [-0.1, -0.05) is 26.0 Å². The first-order chi connectivity index (χ1) is 16.2. The van der Waals surface area contributed by atoms with Crippen molar-refractivity contribution in [3.8, 4) is 11.5 Å². The smallest absolute Gasteiger partial charge is 0.250 e. The van der Waals surface area contributed by atoms with Gasteiger partial charge in [0.25, 0.3) is 0 Å². The maximum atomic E-state index is 12.3. The number of aliphatic hydroxyl groups is 1. The number of hydrogen-bond acceptors (Lipinski definition) is 8. The summed E-state index contributed by atoms with van der Waals surface area (Å²) in [6, 6.07) is 8.52. The fourth-order valence-electron chi connectivity index (χ4n) is 3.58. The lowest BCUT2D eigenvalue weighted by molar-refractivity contribution is 0.129. The number of thiophene rings is 1. The van der Waals surface area contributed by atoms with Gasteiger partial charge in [-0.15, -0.1) is 23.7 Å². The number of ether oxygens (including phenoxy) is 3. The number of nitrogens with one attached hydrogen (secondary N) is 1. The van der Waals surface area contributed by atoms with Crippen LogP contribution in [0.2, 0.25) is 0 Å². The van der Waals surface area contributed by atoms with E-state index in [4.69, 9.17) is 19.9 Å². The van der Waals surface area contributed by atoms with Crippen molar-refractivity contribution in [1.29, 1.82) is 0 Å². The Bertz CT molecular complexity index is 957. The van der Waals surface area contributed by atoms with Crippen LogP contribution in [-0.2, 0) is 21.2 Å². The van der Waals surface area contributed by atoms with Gasteiger partial charge in [-0.25, -0.2) is 13.1 Å². The summed E-state index contributed by atoms with van der Waals surface area (Å²) in [5, 5.41) is 12.2. The zero-order chi connectivity index (χ0) is 25.1. The van der Waals surface area contributed by atoms with E-state index in [9.17, 15) is 13.5 Å². The van der Waals surface area contributed by atoms with E-state index in [2.05, 4.69) is 18.6 Å². The molecular weight excluding hydrogens is 512 g/mol. The molecule has 1 aromatic heterocycles. The standard InChI is InChI=1S/C24H38N2O6S2.ClH/c1-17(2)19(13-18-8-9-22(31-4)23(14-18)32-11-6-10-30-3)15-20(25)21(27)16-26-34(28,29)24-7-5-12-33-24;/h5,7-9,12,14,17,19-21,26-27H,6,10-11,13,15-16,25H2,1-4H3;1H. The molecule has 4 N–H and O–H groups in total. The fraction of sp³-hybridized carbons (Fsp3) is 0.583. The Kier molecular flexibility index (Phi) is 14.1. The second-order valence-corrected chi connectivity index (χ2v) is 11.6. The zero-order valence-electron chi connectivity index (χ0n) is 20.8. The van der Waals surface area contributed by atoms with Crippen LogP contribution in [0.15, 0.2) is 39.9 Å². The van der Waals surface area contributed by atoms with Gasteiger partial charge in [0.15, 0.2) is 11.5 Å². The average molecular weight is 551 g/mol. The van der Waals surface area contributed by atoms with Crippen molar-refractivity contribution < 1.29 is 27.7 Å². The molecule has 0 amide bonds. The molecule has 1 aromatic carbocycles. The molecule has 11 heteroatoms. The van der Waals surface area contributed by atoms with Gasteiger partial charge in [0.1, 0.15) is 4.21 Å². The maximum absolute atomic E-state index is 12.3. The third kappa shape index (κ3) is 10.2. The lowest BCUT2D eigenvalue weighted by Crippen LogP contribution is -2.44. The summed E-state index contributed by atoms with van der Waals surface area (Å²) < 4.78 is 43.7. The van der Waals surface area contributed by atoms with Crippen molar-refractivity contribution in [2.45, 2.75) is 49.5 Å². The largest absolute Gasteiger partial charge is 0.493 e. The molecule has 1 heterocycles. The van der Waals surface area contributed by atoms with Crippen molar-refractivity contribution in [3.05, 3.63) is 41.3 Å². The maximum Gasteiger partial charge on any atom is 0.250 e. The Morgan fingerprint density at radius 1 is 1.14 bits per heavy atom. The highest BCUT2D eigenvalue weighted by molar-refractivity contribution is 7.91. The predicted octanol–water partition coefficient (Wildman–Crippen LogP) is 3.47. The van der Waals surface area contributed by atoms with Crippen LogP contribution < -0.4 is 19.9 Å². The molecule has 0 saturated carbocycles. The van der Waals surface area contributed by atoms with Gasteiger partial charge in [-0.2, -0.15) is 0 Å². The predicted molar refractivity (Wildman–Crippen MR) is 142 cm³/mol. The van der Waals surface area contributed by atoms with Crippen LogP contribution in [0.3, 0.4) is 0 Å². The highest BCUT2D eigenvalue weighted by Crippen LogP contribution is 2.31.